The highest BCUT2D eigenvalue weighted by Gasteiger charge is 2.31. The highest BCUT2D eigenvalue weighted by molar-refractivity contribution is 7.15. The van der Waals surface area contributed by atoms with Crippen molar-refractivity contribution in [3.63, 3.8) is 0 Å². The summed E-state index contributed by atoms with van der Waals surface area (Å²) in [5.41, 5.74) is 7.32. The van der Waals surface area contributed by atoms with E-state index >= 15 is 0 Å². The number of carbonyl (C=O) groups excluding carboxylic acids is 2. The van der Waals surface area contributed by atoms with Gasteiger partial charge in [-0.3, -0.25) is 9.59 Å². The van der Waals surface area contributed by atoms with Crippen molar-refractivity contribution in [2.45, 2.75) is 50.5 Å². The van der Waals surface area contributed by atoms with E-state index in [1.54, 1.807) is 23.5 Å². The minimum absolute atomic E-state index is 0.113. The third-order valence-corrected chi connectivity index (χ3v) is 6.38. The molecule has 2 fully saturated rings. The molecule has 1 unspecified atom stereocenters. The number of nitrogens with one attached hydrogen (secondary N) is 1. The summed E-state index contributed by atoms with van der Waals surface area (Å²) in [6.07, 6.45) is 6.23. The fraction of sp³-hybridized carbons (Fsp3) is 0.450. The van der Waals surface area contributed by atoms with Crippen LogP contribution in [0.1, 0.15) is 70.3 Å². The van der Waals surface area contributed by atoms with Crippen LogP contribution < -0.4 is 11.1 Å². The average molecular weight is 369 g/mol. The van der Waals surface area contributed by atoms with Crippen LogP contribution in [0.3, 0.4) is 0 Å². The molecule has 0 radical (unpaired) electrons. The first-order valence-electron chi connectivity index (χ1n) is 9.29. The summed E-state index contributed by atoms with van der Waals surface area (Å²) in [6, 6.07) is 7.41. The number of Topliss-reactive ketones (excluding diaryl/α,β-unsaturated/α-hetero) is 1. The van der Waals surface area contributed by atoms with Gasteiger partial charge in [0.1, 0.15) is 5.69 Å². The Morgan fingerprint density at radius 1 is 1.15 bits per heavy atom. The number of piperidine rings is 1. The van der Waals surface area contributed by atoms with Crippen molar-refractivity contribution >= 4 is 23.0 Å². The fourth-order valence-electron chi connectivity index (χ4n) is 3.43. The van der Waals surface area contributed by atoms with Crippen molar-refractivity contribution in [3.8, 4) is 10.4 Å². The number of thiazole rings is 1. The van der Waals surface area contributed by atoms with Crippen molar-refractivity contribution < 1.29 is 9.59 Å². The molecule has 1 amide bonds. The molecule has 6 heteroatoms. The number of nitrogens with two attached hydrogens (primary N) is 1. The number of nitrogens with zero attached hydrogens (tertiary/aromatic N) is 1. The predicted molar refractivity (Wildman–Crippen MR) is 103 cm³/mol. The third-order valence-electron chi connectivity index (χ3n) is 5.11. The number of primary amides is 1. The lowest BCUT2D eigenvalue weighted by molar-refractivity contribution is 0.0958. The van der Waals surface area contributed by atoms with Crippen LogP contribution in [0.4, 0.5) is 0 Å². The quantitative estimate of drug-likeness (QED) is 0.763. The van der Waals surface area contributed by atoms with Gasteiger partial charge in [-0.1, -0.05) is 18.6 Å². The van der Waals surface area contributed by atoms with E-state index in [-0.39, 0.29) is 11.8 Å². The van der Waals surface area contributed by atoms with Crippen LogP contribution >= 0.6 is 11.3 Å². The zero-order valence-electron chi connectivity index (χ0n) is 14.7. The lowest BCUT2D eigenvalue weighted by Gasteiger charge is -2.22. The van der Waals surface area contributed by atoms with Gasteiger partial charge in [0.05, 0.1) is 9.88 Å². The summed E-state index contributed by atoms with van der Waals surface area (Å²) < 4.78 is 0. The number of carbonyl (C=O) groups is 2. The summed E-state index contributed by atoms with van der Waals surface area (Å²) in [6.45, 7) is 0.990. The van der Waals surface area contributed by atoms with Gasteiger partial charge in [-0.2, -0.15) is 0 Å². The van der Waals surface area contributed by atoms with Crippen molar-refractivity contribution in [1.29, 1.82) is 0 Å². The number of amides is 1. The highest BCUT2D eigenvalue weighted by atomic mass is 32.1. The van der Waals surface area contributed by atoms with Gasteiger partial charge in [0.25, 0.3) is 0 Å². The third kappa shape index (κ3) is 3.71. The Balaban J connectivity index is 1.62. The van der Waals surface area contributed by atoms with Crippen molar-refractivity contribution in [1.82, 2.24) is 10.3 Å². The van der Waals surface area contributed by atoms with Gasteiger partial charge >= 0.3 is 0 Å². The molecule has 2 aliphatic rings. The van der Waals surface area contributed by atoms with E-state index in [0.29, 0.717) is 23.6 Å². The van der Waals surface area contributed by atoms with Crippen LogP contribution in [0.25, 0.3) is 10.4 Å². The summed E-state index contributed by atoms with van der Waals surface area (Å²) in [4.78, 5) is 29.9. The van der Waals surface area contributed by atoms with E-state index in [0.717, 1.165) is 41.3 Å². The van der Waals surface area contributed by atoms with Crippen molar-refractivity contribution in [2.75, 3.05) is 6.54 Å². The summed E-state index contributed by atoms with van der Waals surface area (Å²) in [7, 11) is 0. The van der Waals surface area contributed by atoms with Crippen LogP contribution in [-0.2, 0) is 0 Å². The Morgan fingerprint density at radius 2 is 1.92 bits per heavy atom. The van der Waals surface area contributed by atoms with Gasteiger partial charge in [-0.05, 0) is 49.9 Å². The standard InChI is InChI=1S/C20H23N3O2S/c21-19(25)13-6-4-12(5-7-13)18-17(23-20(26-18)14-8-9-14)16(24)11-15-3-1-2-10-22-15/h4-7,14-15,22H,1-3,8-11H2,(H2,21,25). The fourth-order valence-corrected chi connectivity index (χ4v) is 4.69. The Labute approximate surface area is 157 Å². The van der Waals surface area contributed by atoms with Gasteiger partial charge in [0.15, 0.2) is 5.78 Å². The van der Waals surface area contributed by atoms with Gasteiger partial charge < -0.3 is 11.1 Å². The molecule has 26 heavy (non-hydrogen) atoms. The first kappa shape index (κ1) is 17.4. The number of hydrogen-bond donors (Lipinski definition) is 2. The lowest BCUT2D eigenvalue weighted by Crippen LogP contribution is -2.35. The topological polar surface area (TPSA) is 85.1 Å². The predicted octanol–water partition coefficient (Wildman–Crippen LogP) is 3.50. The normalized spacial score (nSPS) is 20.1. The minimum atomic E-state index is -0.445. The van der Waals surface area contributed by atoms with Crippen LogP contribution in [0.5, 0.6) is 0 Å². The minimum Gasteiger partial charge on any atom is -0.366 e. The lowest BCUT2D eigenvalue weighted by atomic mass is 9.98. The molecule has 0 bridgehead atoms. The highest BCUT2D eigenvalue weighted by Crippen LogP contribution is 2.45. The van der Waals surface area contributed by atoms with Crippen molar-refractivity contribution in [2.24, 2.45) is 5.73 Å². The molecule has 1 saturated heterocycles. The first-order chi connectivity index (χ1) is 12.6. The van der Waals surface area contributed by atoms with Crippen molar-refractivity contribution in [3.05, 3.63) is 40.5 Å². The van der Waals surface area contributed by atoms with Crippen LogP contribution in [0.2, 0.25) is 0 Å². The Kier molecular flexibility index (Phi) is 4.87. The van der Waals surface area contributed by atoms with E-state index in [2.05, 4.69) is 5.32 Å². The molecule has 2 heterocycles. The van der Waals surface area contributed by atoms with E-state index in [9.17, 15) is 9.59 Å². The number of benzene rings is 1. The summed E-state index contributed by atoms with van der Waals surface area (Å²) >= 11 is 1.62. The van der Waals surface area contributed by atoms with Gasteiger partial charge in [0.2, 0.25) is 5.91 Å². The molecular formula is C20H23N3O2S. The maximum atomic E-state index is 13.0. The molecule has 1 atom stereocenters. The Morgan fingerprint density at radius 3 is 2.54 bits per heavy atom. The maximum Gasteiger partial charge on any atom is 0.248 e. The van der Waals surface area contributed by atoms with Gasteiger partial charge in [-0.15, -0.1) is 11.3 Å². The van der Waals surface area contributed by atoms with Crippen LogP contribution in [-0.4, -0.2) is 29.3 Å². The smallest absolute Gasteiger partial charge is 0.248 e. The molecule has 3 N–H and O–H groups in total. The molecule has 1 aliphatic carbocycles. The van der Waals surface area contributed by atoms with Crippen LogP contribution in [0.15, 0.2) is 24.3 Å². The monoisotopic (exact) mass is 369 g/mol. The zero-order valence-corrected chi connectivity index (χ0v) is 15.5. The molecule has 1 saturated carbocycles. The van der Waals surface area contributed by atoms with E-state index in [1.807, 2.05) is 12.1 Å². The van der Waals surface area contributed by atoms with E-state index < -0.39 is 5.91 Å². The molecule has 4 rings (SSSR count). The number of aromatic nitrogens is 1. The second-order valence-electron chi connectivity index (χ2n) is 7.22. The Hall–Kier alpha value is -2.05. The molecule has 2 aromatic rings. The summed E-state index contributed by atoms with van der Waals surface area (Å²) in [5.74, 6) is 0.179. The summed E-state index contributed by atoms with van der Waals surface area (Å²) in [5, 5.41) is 4.51. The maximum absolute atomic E-state index is 13.0. The van der Waals surface area contributed by atoms with E-state index in [4.69, 9.17) is 10.7 Å². The second-order valence-corrected chi connectivity index (χ2v) is 8.25. The Bertz CT molecular complexity index is 818. The van der Waals surface area contributed by atoms with Crippen LogP contribution in [0, 0.1) is 0 Å². The SMILES string of the molecule is NC(=O)c1ccc(-c2sc(C3CC3)nc2C(=O)CC2CCCCN2)cc1. The zero-order chi connectivity index (χ0) is 18.1. The number of hydrogen-bond acceptors (Lipinski definition) is 5. The van der Waals surface area contributed by atoms with E-state index in [1.165, 1.54) is 12.8 Å². The van der Waals surface area contributed by atoms with Gasteiger partial charge in [0, 0.05) is 23.9 Å². The molecule has 1 aromatic heterocycles. The number of rotatable bonds is 6. The average Bonchev–Trinajstić information content (AvgIpc) is 3.41. The molecule has 136 valence electrons. The molecular weight excluding hydrogens is 346 g/mol. The molecule has 1 aliphatic heterocycles. The number of ketones is 1. The van der Waals surface area contributed by atoms with Gasteiger partial charge in [-0.25, -0.2) is 4.98 Å². The first-order valence-corrected chi connectivity index (χ1v) is 10.1. The molecule has 1 aromatic carbocycles. The largest absolute Gasteiger partial charge is 0.366 e. The molecule has 5 nitrogen and oxygen atoms in total. The second kappa shape index (κ2) is 7.29. The molecule has 0 spiro atoms.